The van der Waals surface area contributed by atoms with E-state index in [1.807, 2.05) is 36.4 Å². The van der Waals surface area contributed by atoms with Crippen molar-refractivity contribution in [3.05, 3.63) is 66.2 Å². The first-order valence-electron chi connectivity index (χ1n) is 9.21. The van der Waals surface area contributed by atoms with E-state index < -0.39 is 30.6 Å². The zero-order valence-corrected chi connectivity index (χ0v) is 16.1. The first-order valence-corrected chi connectivity index (χ1v) is 9.21. The average molecular weight is 383 g/mol. The molecule has 0 spiro atoms. The third kappa shape index (κ3) is 6.87. The minimum absolute atomic E-state index is 0.164. The van der Waals surface area contributed by atoms with Crippen molar-refractivity contribution in [3.8, 4) is 5.75 Å². The number of para-hydroxylation sites is 1. The van der Waals surface area contributed by atoms with E-state index >= 15 is 0 Å². The highest BCUT2D eigenvalue weighted by atomic mass is 16.6. The van der Waals surface area contributed by atoms with Crippen LogP contribution in [0.25, 0.3) is 0 Å². The second-order valence-corrected chi connectivity index (χ2v) is 6.36. The van der Waals surface area contributed by atoms with Gasteiger partial charge in [-0.05, 0) is 37.5 Å². The average Bonchev–Trinajstić information content (AvgIpc) is 2.71. The molecule has 148 valence electrons. The van der Waals surface area contributed by atoms with Gasteiger partial charge in [-0.25, -0.2) is 4.79 Å². The highest BCUT2D eigenvalue weighted by molar-refractivity contribution is 5.89. The van der Waals surface area contributed by atoms with Crippen molar-refractivity contribution in [2.24, 2.45) is 0 Å². The van der Waals surface area contributed by atoms with Gasteiger partial charge in [-0.1, -0.05) is 55.5 Å². The van der Waals surface area contributed by atoms with Gasteiger partial charge < -0.3 is 14.8 Å². The van der Waals surface area contributed by atoms with Crippen LogP contribution in [-0.4, -0.2) is 36.4 Å². The summed E-state index contributed by atoms with van der Waals surface area (Å²) in [6, 6.07) is 17.6. The summed E-state index contributed by atoms with van der Waals surface area (Å²) in [5.41, 5.74) is 0.933. The van der Waals surface area contributed by atoms with Crippen LogP contribution in [-0.2, 0) is 25.5 Å². The molecule has 0 aliphatic rings. The summed E-state index contributed by atoms with van der Waals surface area (Å²) in [4.78, 5) is 36.2. The number of hydrogen-bond acceptors (Lipinski definition) is 5. The number of hydrogen-bond donors (Lipinski definition) is 1. The van der Waals surface area contributed by atoms with Crippen molar-refractivity contribution in [2.75, 3.05) is 6.61 Å². The molecule has 0 fully saturated rings. The standard InChI is InChI=1S/C22H25NO5/c1-3-20(28-18-12-8-5-9-13-18)22(26)27-15-21(25)23-19(16(2)24)14-17-10-6-4-7-11-17/h4-13,19-20H,3,14-15H2,1-2H3,(H,23,25)/t19-,20-/m1/s1. The minimum atomic E-state index is -0.803. The van der Waals surface area contributed by atoms with Gasteiger partial charge in [0.2, 0.25) is 0 Å². The van der Waals surface area contributed by atoms with Crippen molar-refractivity contribution in [1.82, 2.24) is 5.32 Å². The van der Waals surface area contributed by atoms with Crippen LogP contribution >= 0.6 is 0 Å². The zero-order valence-electron chi connectivity index (χ0n) is 16.1. The molecule has 6 heteroatoms. The van der Waals surface area contributed by atoms with Crippen molar-refractivity contribution in [1.29, 1.82) is 0 Å². The van der Waals surface area contributed by atoms with Gasteiger partial charge in [-0.15, -0.1) is 0 Å². The number of amides is 1. The Hall–Kier alpha value is -3.15. The normalized spacial score (nSPS) is 12.5. The quantitative estimate of drug-likeness (QED) is 0.638. The number of ether oxygens (including phenoxy) is 2. The number of nitrogens with one attached hydrogen (secondary N) is 1. The Morgan fingerprint density at radius 2 is 1.57 bits per heavy atom. The lowest BCUT2D eigenvalue weighted by molar-refractivity contribution is -0.155. The number of carbonyl (C=O) groups excluding carboxylic acids is 3. The van der Waals surface area contributed by atoms with Crippen LogP contribution < -0.4 is 10.1 Å². The topological polar surface area (TPSA) is 81.7 Å². The van der Waals surface area contributed by atoms with E-state index in [1.54, 1.807) is 31.2 Å². The summed E-state index contributed by atoms with van der Waals surface area (Å²) < 4.78 is 10.7. The summed E-state index contributed by atoms with van der Waals surface area (Å²) in [6.07, 6.45) is -0.0209. The first-order chi connectivity index (χ1) is 13.5. The Labute approximate surface area is 164 Å². The fourth-order valence-electron chi connectivity index (χ4n) is 2.57. The van der Waals surface area contributed by atoms with E-state index in [-0.39, 0.29) is 5.78 Å². The van der Waals surface area contributed by atoms with Crippen LogP contribution in [0.2, 0.25) is 0 Å². The molecule has 0 aliphatic carbocycles. The molecule has 0 aromatic heterocycles. The maximum absolute atomic E-state index is 12.2. The molecule has 2 atom stereocenters. The molecular formula is C22H25NO5. The second-order valence-electron chi connectivity index (χ2n) is 6.36. The van der Waals surface area contributed by atoms with Gasteiger partial charge >= 0.3 is 5.97 Å². The second kappa shape index (κ2) is 10.9. The molecule has 1 amide bonds. The Kier molecular flexibility index (Phi) is 8.21. The summed E-state index contributed by atoms with van der Waals surface area (Å²) in [5.74, 6) is -0.763. The van der Waals surface area contributed by atoms with Crippen molar-refractivity contribution in [3.63, 3.8) is 0 Å². The van der Waals surface area contributed by atoms with Gasteiger partial charge in [0.25, 0.3) is 5.91 Å². The Balaban J connectivity index is 1.85. The predicted octanol–water partition coefficient (Wildman–Crippen LogP) is 2.70. The molecule has 0 bridgehead atoms. The molecule has 0 saturated heterocycles. The Bertz CT molecular complexity index is 776. The molecule has 0 aliphatic heterocycles. The van der Waals surface area contributed by atoms with Crippen LogP contribution in [0.4, 0.5) is 0 Å². The first kappa shape index (κ1) is 21.2. The number of esters is 1. The lowest BCUT2D eigenvalue weighted by Crippen LogP contribution is -2.43. The summed E-state index contributed by atoms with van der Waals surface area (Å²) in [7, 11) is 0. The van der Waals surface area contributed by atoms with Crippen LogP contribution in [0.5, 0.6) is 5.75 Å². The molecule has 1 N–H and O–H groups in total. The monoisotopic (exact) mass is 383 g/mol. The largest absolute Gasteiger partial charge is 0.479 e. The van der Waals surface area contributed by atoms with Crippen LogP contribution in [0.3, 0.4) is 0 Å². The molecule has 2 aromatic rings. The summed E-state index contributed by atoms with van der Waals surface area (Å²) in [5, 5.41) is 2.62. The molecule has 2 rings (SSSR count). The van der Waals surface area contributed by atoms with Crippen LogP contribution in [0, 0.1) is 0 Å². The highest BCUT2D eigenvalue weighted by Crippen LogP contribution is 2.13. The minimum Gasteiger partial charge on any atom is -0.479 e. The van der Waals surface area contributed by atoms with Crippen LogP contribution in [0.1, 0.15) is 25.8 Å². The fraction of sp³-hybridized carbons (Fsp3) is 0.318. The summed E-state index contributed by atoms with van der Waals surface area (Å²) >= 11 is 0. The third-order valence-electron chi connectivity index (χ3n) is 4.11. The molecule has 0 heterocycles. The van der Waals surface area contributed by atoms with Crippen molar-refractivity contribution < 1.29 is 23.9 Å². The predicted molar refractivity (Wildman–Crippen MR) is 105 cm³/mol. The van der Waals surface area contributed by atoms with Gasteiger partial charge in [0.1, 0.15) is 5.75 Å². The number of benzene rings is 2. The number of Topliss-reactive ketones (excluding diaryl/α,β-unsaturated/α-hetero) is 1. The maximum Gasteiger partial charge on any atom is 0.347 e. The molecule has 2 aromatic carbocycles. The third-order valence-corrected chi connectivity index (χ3v) is 4.11. The van der Waals surface area contributed by atoms with Gasteiger partial charge in [0.05, 0.1) is 6.04 Å². The molecule has 0 radical (unpaired) electrons. The number of ketones is 1. The van der Waals surface area contributed by atoms with Gasteiger partial charge in [0.15, 0.2) is 18.5 Å². The van der Waals surface area contributed by atoms with E-state index in [4.69, 9.17) is 9.47 Å². The number of rotatable bonds is 10. The van der Waals surface area contributed by atoms with Gasteiger partial charge in [0, 0.05) is 0 Å². The van der Waals surface area contributed by atoms with Crippen molar-refractivity contribution in [2.45, 2.75) is 38.8 Å². The zero-order chi connectivity index (χ0) is 20.4. The Morgan fingerprint density at radius 3 is 2.14 bits per heavy atom. The molecule has 6 nitrogen and oxygen atoms in total. The van der Waals surface area contributed by atoms with E-state index in [2.05, 4.69) is 5.32 Å². The lowest BCUT2D eigenvalue weighted by Gasteiger charge is -2.18. The van der Waals surface area contributed by atoms with E-state index in [0.29, 0.717) is 18.6 Å². The van der Waals surface area contributed by atoms with Gasteiger partial charge in [-0.3, -0.25) is 9.59 Å². The van der Waals surface area contributed by atoms with Crippen molar-refractivity contribution >= 4 is 17.7 Å². The van der Waals surface area contributed by atoms with E-state index in [1.165, 1.54) is 6.92 Å². The number of carbonyl (C=O) groups is 3. The summed E-state index contributed by atoms with van der Waals surface area (Å²) in [6.45, 7) is 2.74. The van der Waals surface area contributed by atoms with E-state index in [0.717, 1.165) is 5.56 Å². The molecule has 0 saturated carbocycles. The van der Waals surface area contributed by atoms with E-state index in [9.17, 15) is 14.4 Å². The molecular weight excluding hydrogens is 358 g/mol. The Morgan fingerprint density at radius 1 is 0.964 bits per heavy atom. The maximum atomic E-state index is 12.2. The van der Waals surface area contributed by atoms with Crippen LogP contribution in [0.15, 0.2) is 60.7 Å². The fourth-order valence-corrected chi connectivity index (χ4v) is 2.57. The SMILES string of the molecule is CC[C@@H](Oc1ccccc1)C(=O)OCC(=O)N[C@H](Cc1ccccc1)C(C)=O. The molecule has 0 unspecified atom stereocenters. The lowest BCUT2D eigenvalue weighted by atomic mass is 10.0. The smallest absolute Gasteiger partial charge is 0.347 e. The highest BCUT2D eigenvalue weighted by Gasteiger charge is 2.23. The van der Waals surface area contributed by atoms with Gasteiger partial charge in [-0.2, -0.15) is 0 Å². The molecule has 28 heavy (non-hydrogen) atoms.